The van der Waals surface area contributed by atoms with Gasteiger partial charge in [-0.1, -0.05) is 0 Å². The van der Waals surface area contributed by atoms with Gasteiger partial charge in [0, 0.05) is 26.2 Å². The van der Waals surface area contributed by atoms with Crippen LogP contribution in [0.3, 0.4) is 0 Å². The van der Waals surface area contributed by atoms with Gasteiger partial charge in [-0.25, -0.2) is 22.0 Å². The maximum atomic E-state index is 13.4. The smallest absolute Gasteiger partial charge is 0.410 e. The minimum absolute atomic E-state index is 0.00240. The van der Waals surface area contributed by atoms with Crippen LogP contribution in [0.1, 0.15) is 20.8 Å². The number of sulfonamides is 1. The first-order valence-electron chi connectivity index (χ1n) is 8.40. The van der Waals surface area contributed by atoms with Crippen LogP contribution < -0.4 is 0 Å². The SMILES string of the molecule is CC(C)(C)OC(=O)N1C[C@@H]2CN(S(=O)(=O)c3ccc(F)c(F)c3)C[C@@H]2C1. The quantitative estimate of drug-likeness (QED) is 0.781. The van der Waals surface area contributed by atoms with Gasteiger partial charge in [0.1, 0.15) is 5.60 Å². The molecule has 2 fully saturated rings. The highest BCUT2D eigenvalue weighted by Gasteiger charge is 2.46. The summed E-state index contributed by atoms with van der Waals surface area (Å²) in [6.45, 7) is 6.69. The first-order valence-corrected chi connectivity index (χ1v) is 9.84. The van der Waals surface area contributed by atoms with Crippen LogP contribution in [0.25, 0.3) is 0 Å². The van der Waals surface area contributed by atoms with E-state index < -0.39 is 33.4 Å². The van der Waals surface area contributed by atoms with Crippen LogP contribution in [0.4, 0.5) is 13.6 Å². The van der Waals surface area contributed by atoms with Gasteiger partial charge in [-0.05, 0) is 50.8 Å². The van der Waals surface area contributed by atoms with Gasteiger partial charge in [0.25, 0.3) is 0 Å². The first kappa shape index (κ1) is 19.0. The van der Waals surface area contributed by atoms with Gasteiger partial charge in [0.05, 0.1) is 4.90 Å². The minimum Gasteiger partial charge on any atom is -0.444 e. The Labute approximate surface area is 151 Å². The lowest BCUT2D eigenvalue weighted by Gasteiger charge is -2.26. The van der Waals surface area contributed by atoms with E-state index in [1.54, 1.807) is 25.7 Å². The Morgan fingerprint density at radius 2 is 1.65 bits per heavy atom. The normalized spacial score (nSPS) is 24.0. The molecule has 0 unspecified atom stereocenters. The van der Waals surface area contributed by atoms with Crippen LogP contribution in [0.15, 0.2) is 23.1 Å². The molecule has 1 aromatic carbocycles. The average molecular weight is 388 g/mol. The lowest BCUT2D eigenvalue weighted by atomic mass is 10.0. The van der Waals surface area contributed by atoms with Crippen LogP contribution in [0.2, 0.25) is 0 Å². The van der Waals surface area contributed by atoms with Crippen molar-refractivity contribution in [3.63, 3.8) is 0 Å². The summed E-state index contributed by atoms with van der Waals surface area (Å²) in [7, 11) is -3.89. The summed E-state index contributed by atoms with van der Waals surface area (Å²) < 4.78 is 58.4. The third-order valence-electron chi connectivity index (χ3n) is 4.63. The molecule has 2 saturated heterocycles. The van der Waals surface area contributed by atoms with Crippen molar-refractivity contribution in [2.24, 2.45) is 11.8 Å². The number of halogens is 2. The fourth-order valence-corrected chi connectivity index (χ4v) is 4.97. The maximum Gasteiger partial charge on any atom is 0.410 e. The third kappa shape index (κ3) is 3.68. The number of rotatable bonds is 2. The molecule has 0 saturated carbocycles. The second-order valence-electron chi connectivity index (χ2n) is 7.80. The molecular formula is C17H22F2N2O4S. The molecule has 0 radical (unpaired) electrons. The Hall–Kier alpha value is -1.74. The molecule has 9 heteroatoms. The molecule has 2 heterocycles. The molecule has 2 atom stereocenters. The minimum atomic E-state index is -3.89. The van der Waals surface area contributed by atoms with Gasteiger partial charge in [0.2, 0.25) is 10.0 Å². The monoisotopic (exact) mass is 388 g/mol. The highest BCUT2D eigenvalue weighted by Crippen LogP contribution is 2.35. The molecule has 1 amide bonds. The van der Waals surface area contributed by atoms with Gasteiger partial charge < -0.3 is 9.64 Å². The number of amides is 1. The Bertz CT molecular complexity index is 809. The van der Waals surface area contributed by atoms with Crippen molar-refractivity contribution in [3.05, 3.63) is 29.8 Å². The van der Waals surface area contributed by atoms with Gasteiger partial charge in [0.15, 0.2) is 11.6 Å². The Balaban J connectivity index is 1.67. The summed E-state index contributed by atoms with van der Waals surface area (Å²) in [6.07, 6.45) is -0.401. The van der Waals surface area contributed by atoms with Gasteiger partial charge in [-0.15, -0.1) is 0 Å². The summed E-state index contributed by atoms with van der Waals surface area (Å²) in [5.41, 5.74) is -0.586. The third-order valence-corrected chi connectivity index (χ3v) is 6.46. The van der Waals surface area contributed by atoms with Crippen LogP contribution in [-0.2, 0) is 14.8 Å². The van der Waals surface area contributed by atoms with E-state index in [1.165, 1.54) is 4.31 Å². The zero-order chi connectivity index (χ0) is 19.3. The Morgan fingerprint density at radius 1 is 1.08 bits per heavy atom. The molecule has 26 heavy (non-hydrogen) atoms. The molecule has 0 aliphatic carbocycles. The molecule has 2 aliphatic heterocycles. The van der Waals surface area contributed by atoms with Crippen LogP contribution >= 0.6 is 0 Å². The summed E-state index contributed by atoms with van der Waals surface area (Å²) in [5.74, 6) is -2.28. The zero-order valence-electron chi connectivity index (χ0n) is 14.9. The van der Waals surface area contributed by atoms with Gasteiger partial charge in [-0.3, -0.25) is 0 Å². The van der Waals surface area contributed by atoms with Gasteiger partial charge >= 0.3 is 6.09 Å². The molecule has 3 rings (SSSR count). The predicted octanol–water partition coefficient (Wildman–Crippen LogP) is 2.45. The summed E-state index contributed by atoms with van der Waals surface area (Å²) in [6, 6.07) is 2.57. The van der Waals surface area contributed by atoms with Crippen molar-refractivity contribution >= 4 is 16.1 Å². The number of benzene rings is 1. The zero-order valence-corrected chi connectivity index (χ0v) is 15.7. The topological polar surface area (TPSA) is 66.9 Å². The molecule has 6 nitrogen and oxygen atoms in total. The second kappa shape index (κ2) is 6.45. The van der Waals surface area contributed by atoms with E-state index in [0.29, 0.717) is 19.2 Å². The molecule has 0 spiro atoms. The number of carbonyl (C=O) groups excluding carboxylic acids is 1. The second-order valence-corrected chi connectivity index (χ2v) is 9.74. The van der Waals surface area contributed by atoms with Crippen molar-refractivity contribution in [2.75, 3.05) is 26.2 Å². The van der Waals surface area contributed by atoms with Gasteiger partial charge in [-0.2, -0.15) is 4.31 Å². The van der Waals surface area contributed by atoms with E-state index in [1.807, 2.05) is 0 Å². The number of hydrogen-bond acceptors (Lipinski definition) is 4. The standard InChI is InChI=1S/C17H22F2N2O4S/c1-17(2,3)25-16(22)20-7-11-9-21(10-12(11)8-20)26(23,24)13-4-5-14(18)15(19)6-13/h4-6,11-12H,7-10H2,1-3H3/t11-,12+. The molecule has 1 aromatic rings. The van der Waals surface area contributed by atoms with E-state index in [9.17, 15) is 22.0 Å². The Kier molecular flexibility index (Phi) is 4.72. The van der Waals surface area contributed by atoms with E-state index >= 15 is 0 Å². The molecule has 0 bridgehead atoms. The molecule has 144 valence electrons. The van der Waals surface area contributed by atoms with Crippen molar-refractivity contribution in [3.8, 4) is 0 Å². The van der Waals surface area contributed by atoms with E-state index in [4.69, 9.17) is 4.74 Å². The van der Waals surface area contributed by atoms with E-state index in [-0.39, 0.29) is 29.8 Å². The highest BCUT2D eigenvalue weighted by molar-refractivity contribution is 7.89. The summed E-state index contributed by atoms with van der Waals surface area (Å²) in [5, 5.41) is 0. The number of ether oxygens (including phenoxy) is 1. The van der Waals surface area contributed by atoms with Crippen LogP contribution in [-0.4, -0.2) is 55.5 Å². The number of hydrogen-bond donors (Lipinski definition) is 0. The van der Waals surface area contributed by atoms with E-state index in [0.717, 1.165) is 12.1 Å². The van der Waals surface area contributed by atoms with Crippen molar-refractivity contribution in [1.82, 2.24) is 9.21 Å². The van der Waals surface area contributed by atoms with Crippen LogP contribution in [0, 0.1) is 23.5 Å². The first-order chi connectivity index (χ1) is 12.0. The molecule has 2 aliphatic rings. The number of likely N-dealkylation sites (tertiary alicyclic amines) is 1. The van der Waals surface area contributed by atoms with Crippen molar-refractivity contribution < 1.29 is 26.7 Å². The number of nitrogens with zero attached hydrogens (tertiary/aromatic N) is 2. The van der Waals surface area contributed by atoms with Crippen molar-refractivity contribution in [2.45, 2.75) is 31.3 Å². The maximum absolute atomic E-state index is 13.4. The average Bonchev–Trinajstić information content (AvgIpc) is 3.07. The lowest BCUT2D eigenvalue weighted by Crippen LogP contribution is -2.38. The molecule has 0 N–H and O–H groups in total. The largest absolute Gasteiger partial charge is 0.444 e. The number of carbonyl (C=O) groups is 1. The Morgan fingerprint density at radius 3 is 2.15 bits per heavy atom. The van der Waals surface area contributed by atoms with Crippen LogP contribution in [0.5, 0.6) is 0 Å². The fraction of sp³-hybridized carbons (Fsp3) is 0.588. The predicted molar refractivity (Wildman–Crippen MR) is 89.9 cm³/mol. The summed E-state index contributed by atoms with van der Waals surface area (Å²) >= 11 is 0. The van der Waals surface area contributed by atoms with E-state index in [2.05, 4.69) is 0 Å². The lowest BCUT2D eigenvalue weighted by molar-refractivity contribution is 0.0279. The fourth-order valence-electron chi connectivity index (χ4n) is 3.41. The summed E-state index contributed by atoms with van der Waals surface area (Å²) in [4.78, 5) is 13.5. The number of fused-ring (bicyclic) bond motifs is 1. The molecule has 0 aromatic heterocycles. The molecular weight excluding hydrogens is 366 g/mol. The highest BCUT2D eigenvalue weighted by atomic mass is 32.2. The van der Waals surface area contributed by atoms with Crippen molar-refractivity contribution in [1.29, 1.82) is 0 Å².